The van der Waals surface area contributed by atoms with E-state index in [4.69, 9.17) is 4.74 Å². The van der Waals surface area contributed by atoms with Gasteiger partial charge in [-0.2, -0.15) is 0 Å². The molecule has 2 rings (SSSR count). The van der Waals surface area contributed by atoms with Crippen LogP contribution in [0.2, 0.25) is 0 Å². The minimum atomic E-state index is -0.714. The van der Waals surface area contributed by atoms with E-state index in [1.165, 1.54) is 12.1 Å². The smallest absolute Gasteiger partial charge is 0.258 e. The molecule has 1 aliphatic rings. The van der Waals surface area contributed by atoms with Crippen molar-refractivity contribution in [3.63, 3.8) is 0 Å². The number of methoxy groups -OCH3 is 1. The lowest BCUT2D eigenvalue weighted by Crippen LogP contribution is -2.34. The number of carbonyl (C=O) groups is 1. The lowest BCUT2D eigenvalue weighted by molar-refractivity contribution is 0.0909. The highest BCUT2D eigenvalue weighted by Crippen LogP contribution is 2.24. The van der Waals surface area contributed by atoms with Crippen molar-refractivity contribution in [2.24, 2.45) is 0 Å². The normalized spacial score (nSPS) is 23.0. The minimum Gasteiger partial charge on any atom is -0.507 e. The topological polar surface area (TPSA) is 58.6 Å². The molecule has 4 nitrogen and oxygen atoms in total. The number of phenolic OH excluding ortho intramolecular Hbond substituents is 1. The summed E-state index contributed by atoms with van der Waals surface area (Å²) >= 11 is 0. The van der Waals surface area contributed by atoms with Gasteiger partial charge >= 0.3 is 0 Å². The molecule has 18 heavy (non-hydrogen) atoms. The maximum absolute atomic E-state index is 13.5. The van der Waals surface area contributed by atoms with Gasteiger partial charge in [0.2, 0.25) is 0 Å². The van der Waals surface area contributed by atoms with E-state index in [1.54, 1.807) is 7.11 Å². The molecule has 0 heterocycles. The molecule has 1 aromatic rings. The van der Waals surface area contributed by atoms with Crippen LogP contribution in [0.25, 0.3) is 0 Å². The number of nitrogens with one attached hydrogen (secondary N) is 1. The number of phenols is 1. The number of halogens is 1. The van der Waals surface area contributed by atoms with Gasteiger partial charge in [-0.15, -0.1) is 0 Å². The van der Waals surface area contributed by atoms with Gasteiger partial charge in [0.05, 0.1) is 6.10 Å². The fourth-order valence-corrected chi connectivity index (χ4v) is 2.28. The molecule has 0 bridgehead atoms. The summed E-state index contributed by atoms with van der Waals surface area (Å²) in [5.74, 6) is -1.63. The maximum atomic E-state index is 13.5. The molecule has 1 fully saturated rings. The third kappa shape index (κ3) is 2.61. The zero-order valence-electron chi connectivity index (χ0n) is 10.1. The van der Waals surface area contributed by atoms with E-state index < -0.39 is 11.7 Å². The Kier molecular flexibility index (Phi) is 3.81. The van der Waals surface area contributed by atoms with Gasteiger partial charge in [0, 0.05) is 13.2 Å². The Morgan fingerprint density at radius 1 is 1.50 bits per heavy atom. The first-order valence-corrected chi connectivity index (χ1v) is 5.93. The van der Waals surface area contributed by atoms with Gasteiger partial charge < -0.3 is 15.2 Å². The van der Waals surface area contributed by atoms with E-state index in [2.05, 4.69) is 5.32 Å². The van der Waals surface area contributed by atoms with Gasteiger partial charge in [0.15, 0.2) is 0 Å². The maximum Gasteiger partial charge on any atom is 0.258 e. The number of ether oxygens (including phenoxy) is 1. The third-order valence-electron chi connectivity index (χ3n) is 3.27. The summed E-state index contributed by atoms with van der Waals surface area (Å²) in [5.41, 5.74) is -0.293. The van der Waals surface area contributed by atoms with Gasteiger partial charge in [-0.25, -0.2) is 4.39 Å². The Bertz CT molecular complexity index is 430. The number of aromatic hydroxyl groups is 1. The first-order chi connectivity index (χ1) is 8.61. The Balaban J connectivity index is 2.04. The number of rotatable bonds is 3. The zero-order chi connectivity index (χ0) is 13.1. The molecule has 0 spiro atoms. The monoisotopic (exact) mass is 253 g/mol. The van der Waals surface area contributed by atoms with Gasteiger partial charge in [-0.3, -0.25) is 4.79 Å². The number of carbonyl (C=O) groups excluding carboxylic acids is 1. The Hall–Kier alpha value is -1.62. The summed E-state index contributed by atoms with van der Waals surface area (Å²) in [6.45, 7) is 0. The van der Waals surface area contributed by atoms with Crippen LogP contribution in [0.1, 0.15) is 29.6 Å². The minimum absolute atomic E-state index is 0.0264. The Morgan fingerprint density at radius 3 is 2.89 bits per heavy atom. The Morgan fingerprint density at radius 2 is 2.28 bits per heavy atom. The predicted octanol–water partition coefficient (Wildman–Crippen LogP) is 1.83. The number of benzene rings is 1. The van der Waals surface area contributed by atoms with Gasteiger partial charge in [0.25, 0.3) is 5.91 Å². The molecule has 2 atom stereocenters. The average molecular weight is 253 g/mol. The quantitative estimate of drug-likeness (QED) is 0.864. The van der Waals surface area contributed by atoms with Crippen LogP contribution in [0.15, 0.2) is 18.2 Å². The van der Waals surface area contributed by atoms with E-state index in [1.807, 2.05) is 0 Å². The second kappa shape index (κ2) is 5.35. The second-order valence-corrected chi connectivity index (χ2v) is 4.48. The van der Waals surface area contributed by atoms with E-state index in [0.717, 1.165) is 25.3 Å². The molecule has 2 unspecified atom stereocenters. The molecule has 0 aromatic heterocycles. The van der Waals surface area contributed by atoms with Crippen molar-refractivity contribution in [1.82, 2.24) is 5.32 Å². The van der Waals surface area contributed by atoms with Crippen molar-refractivity contribution < 1.29 is 19.0 Å². The first kappa shape index (κ1) is 12.8. The summed E-state index contributed by atoms with van der Waals surface area (Å²) in [6, 6.07) is 3.78. The summed E-state index contributed by atoms with van der Waals surface area (Å²) in [6.07, 6.45) is 2.55. The molecule has 0 aliphatic heterocycles. The first-order valence-electron chi connectivity index (χ1n) is 5.93. The van der Waals surface area contributed by atoms with Crippen molar-refractivity contribution in [3.05, 3.63) is 29.6 Å². The highest BCUT2D eigenvalue weighted by Gasteiger charge is 2.27. The van der Waals surface area contributed by atoms with E-state index in [0.29, 0.717) is 0 Å². The van der Waals surface area contributed by atoms with E-state index in [-0.39, 0.29) is 23.5 Å². The van der Waals surface area contributed by atoms with Gasteiger partial charge in [-0.1, -0.05) is 6.07 Å². The van der Waals surface area contributed by atoms with Crippen molar-refractivity contribution >= 4 is 5.91 Å². The van der Waals surface area contributed by atoms with E-state index in [9.17, 15) is 14.3 Å². The van der Waals surface area contributed by atoms with Crippen molar-refractivity contribution in [1.29, 1.82) is 0 Å². The summed E-state index contributed by atoms with van der Waals surface area (Å²) < 4.78 is 18.7. The van der Waals surface area contributed by atoms with E-state index >= 15 is 0 Å². The molecule has 1 aliphatic carbocycles. The number of amides is 1. The summed E-state index contributed by atoms with van der Waals surface area (Å²) in [7, 11) is 1.64. The van der Waals surface area contributed by atoms with Crippen LogP contribution in [0.3, 0.4) is 0 Å². The predicted molar refractivity (Wildman–Crippen MR) is 64.0 cm³/mol. The second-order valence-electron chi connectivity index (χ2n) is 4.48. The number of hydrogen-bond acceptors (Lipinski definition) is 3. The number of hydrogen-bond donors (Lipinski definition) is 2. The molecular weight excluding hydrogens is 237 g/mol. The molecule has 98 valence electrons. The molecular formula is C13H16FNO3. The molecule has 1 aromatic carbocycles. The van der Waals surface area contributed by atoms with Crippen molar-refractivity contribution in [2.45, 2.75) is 31.4 Å². The molecule has 0 radical (unpaired) electrons. The SMILES string of the molecule is COC1CCC(NC(=O)c2c(O)cccc2F)C1. The van der Waals surface area contributed by atoms with Crippen molar-refractivity contribution in [2.75, 3.05) is 7.11 Å². The fourth-order valence-electron chi connectivity index (χ4n) is 2.28. The van der Waals surface area contributed by atoms with Crippen molar-refractivity contribution in [3.8, 4) is 5.75 Å². The average Bonchev–Trinajstić information content (AvgIpc) is 2.76. The van der Waals surface area contributed by atoms with Crippen LogP contribution in [0.5, 0.6) is 5.75 Å². The molecule has 1 saturated carbocycles. The molecule has 2 N–H and O–H groups in total. The van der Waals surface area contributed by atoms with Crippen LogP contribution in [0.4, 0.5) is 4.39 Å². The van der Waals surface area contributed by atoms with Gasteiger partial charge in [0.1, 0.15) is 17.1 Å². The highest BCUT2D eigenvalue weighted by atomic mass is 19.1. The zero-order valence-corrected chi connectivity index (χ0v) is 10.1. The molecule has 1 amide bonds. The fraction of sp³-hybridized carbons (Fsp3) is 0.462. The van der Waals surface area contributed by atoms with Crippen LogP contribution < -0.4 is 5.32 Å². The molecule has 0 saturated heterocycles. The van der Waals surface area contributed by atoms with Crippen LogP contribution in [-0.2, 0) is 4.74 Å². The highest BCUT2D eigenvalue weighted by molar-refractivity contribution is 5.97. The lowest BCUT2D eigenvalue weighted by Gasteiger charge is -2.13. The van der Waals surface area contributed by atoms with Crippen LogP contribution in [-0.4, -0.2) is 30.3 Å². The molecule has 5 heteroatoms. The van der Waals surface area contributed by atoms with Gasteiger partial charge in [-0.05, 0) is 31.4 Å². The van der Waals surface area contributed by atoms with Crippen LogP contribution >= 0.6 is 0 Å². The summed E-state index contributed by atoms with van der Waals surface area (Å²) in [5, 5.41) is 12.2. The standard InChI is InChI=1S/C13H16FNO3/c1-18-9-6-5-8(7-9)15-13(17)12-10(14)3-2-4-11(12)16/h2-4,8-9,16H,5-7H2,1H3,(H,15,17). The Labute approximate surface area is 105 Å². The largest absolute Gasteiger partial charge is 0.507 e. The lowest BCUT2D eigenvalue weighted by atomic mass is 10.1. The third-order valence-corrected chi connectivity index (χ3v) is 3.27. The van der Waals surface area contributed by atoms with Crippen LogP contribution in [0, 0.1) is 5.82 Å². The summed E-state index contributed by atoms with van der Waals surface area (Å²) in [4.78, 5) is 11.9.